The van der Waals surface area contributed by atoms with Gasteiger partial charge in [0.2, 0.25) is 5.91 Å². The van der Waals surface area contributed by atoms with Gasteiger partial charge >= 0.3 is 12.3 Å². The molecule has 3 aromatic rings. The van der Waals surface area contributed by atoms with Gasteiger partial charge in [-0.1, -0.05) is 50.2 Å². The van der Waals surface area contributed by atoms with Crippen LogP contribution >= 0.6 is 0 Å². The molecule has 0 radical (unpaired) electrons. The predicted molar refractivity (Wildman–Crippen MR) is 132 cm³/mol. The highest BCUT2D eigenvalue weighted by Gasteiger charge is 2.37. The molecular formula is C27H29F3N4O3. The number of likely N-dealkylation sites (tertiary alicyclic amines) is 1. The van der Waals surface area contributed by atoms with E-state index >= 15 is 0 Å². The third-order valence-corrected chi connectivity index (χ3v) is 6.58. The Balaban J connectivity index is 1.49. The van der Waals surface area contributed by atoms with E-state index in [-0.39, 0.29) is 17.9 Å². The van der Waals surface area contributed by atoms with E-state index in [0.717, 1.165) is 41.8 Å². The molecule has 0 saturated carbocycles. The summed E-state index contributed by atoms with van der Waals surface area (Å²) in [5.41, 5.74) is 2.42. The number of amides is 2. The first-order chi connectivity index (χ1) is 17.6. The molecule has 0 unspecified atom stereocenters. The summed E-state index contributed by atoms with van der Waals surface area (Å²) in [6.45, 7) is 4.29. The predicted octanol–water partition coefficient (Wildman–Crippen LogP) is 5.81. The van der Waals surface area contributed by atoms with Gasteiger partial charge in [0.25, 0.3) is 0 Å². The lowest BCUT2D eigenvalue weighted by Gasteiger charge is -2.30. The first-order valence-electron chi connectivity index (χ1n) is 12.1. The molecule has 1 aliphatic heterocycles. The number of benzene rings is 2. The summed E-state index contributed by atoms with van der Waals surface area (Å²) >= 11 is 0. The number of nitrogens with one attached hydrogen (secondary N) is 2. The lowest BCUT2D eigenvalue weighted by molar-refractivity contribution is -0.137. The number of H-pyrrole nitrogens is 1. The molecule has 0 bridgehead atoms. The normalized spacial score (nSPS) is 16.6. The molecule has 4 rings (SSSR count). The lowest BCUT2D eigenvalue weighted by Crippen LogP contribution is -2.51. The molecule has 2 aromatic carbocycles. The fraction of sp³-hybridized carbons (Fsp3) is 0.370. The van der Waals surface area contributed by atoms with E-state index in [2.05, 4.69) is 20.0 Å². The molecule has 0 aliphatic carbocycles. The Kier molecular flexibility index (Phi) is 7.56. The van der Waals surface area contributed by atoms with Crippen molar-refractivity contribution in [2.75, 3.05) is 13.7 Å². The third-order valence-electron chi connectivity index (χ3n) is 6.58. The smallest absolute Gasteiger partial charge is 0.416 e. The molecule has 0 spiro atoms. The number of rotatable bonds is 6. The number of imidazole rings is 1. The molecule has 1 saturated heterocycles. The molecule has 7 nitrogen and oxygen atoms in total. The van der Waals surface area contributed by atoms with Crippen molar-refractivity contribution >= 4 is 12.0 Å². The molecule has 37 heavy (non-hydrogen) atoms. The summed E-state index contributed by atoms with van der Waals surface area (Å²) in [6.07, 6.45) is -1.75. The van der Waals surface area contributed by atoms with E-state index in [1.807, 2.05) is 38.1 Å². The van der Waals surface area contributed by atoms with Gasteiger partial charge < -0.3 is 19.9 Å². The highest BCUT2D eigenvalue weighted by Crippen LogP contribution is 2.34. The van der Waals surface area contributed by atoms with Gasteiger partial charge in [-0.05, 0) is 47.6 Å². The van der Waals surface area contributed by atoms with Crippen molar-refractivity contribution in [2.24, 2.45) is 5.92 Å². The van der Waals surface area contributed by atoms with Crippen LogP contribution in [-0.4, -0.2) is 46.6 Å². The number of nitrogens with zero attached hydrogens (tertiary/aromatic N) is 2. The number of hydrogen-bond donors (Lipinski definition) is 2. The second-order valence-corrected chi connectivity index (χ2v) is 9.38. The standard InChI is InChI=1S/C27H29F3N4O3/c1-16(2)23(33-26(36)37-3)25(35)34-14-4-5-22(34)24-31-15-21(32-24)19-8-6-17(7-9-19)18-10-12-20(13-11-18)27(28,29)30/h6-13,15-16,22-23H,4-5,14H2,1-3H3,(H,31,32)(H,33,36)/t22-,23+/m1/s1. The Morgan fingerprint density at radius 2 is 1.65 bits per heavy atom. The van der Waals surface area contributed by atoms with Gasteiger partial charge in [-0.2, -0.15) is 13.2 Å². The molecule has 2 amide bonds. The lowest BCUT2D eigenvalue weighted by atomic mass is 10.0. The second-order valence-electron chi connectivity index (χ2n) is 9.38. The topological polar surface area (TPSA) is 87.3 Å². The number of aromatic nitrogens is 2. The maximum Gasteiger partial charge on any atom is 0.416 e. The van der Waals surface area contributed by atoms with Crippen LogP contribution in [0.2, 0.25) is 0 Å². The second kappa shape index (κ2) is 10.7. The zero-order valence-corrected chi connectivity index (χ0v) is 20.8. The Morgan fingerprint density at radius 1 is 1.05 bits per heavy atom. The van der Waals surface area contributed by atoms with E-state index in [1.54, 1.807) is 11.1 Å². The summed E-state index contributed by atoms with van der Waals surface area (Å²) in [6, 6.07) is 11.5. The van der Waals surface area contributed by atoms with E-state index in [1.165, 1.54) is 19.2 Å². The maximum atomic E-state index is 13.3. The van der Waals surface area contributed by atoms with Crippen molar-refractivity contribution in [3.05, 3.63) is 66.1 Å². The summed E-state index contributed by atoms with van der Waals surface area (Å²) in [4.78, 5) is 34.7. The van der Waals surface area contributed by atoms with Crippen LogP contribution in [0.3, 0.4) is 0 Å². The average Bonchev–Trinajstić information content (AvgIpc) is 3.56. The zero-order chi connectivity index (χ0) is 26.7. The number of carbonyl (C=O) groups is 2. The van der Waals surface area contributed by atoms with Gasteiger partial charge in [0.1, 0.15) is 11.9 Å². The van der Waals surface area contributed by atoms with Gasteiger partial charge in [-0.15, -0.1) is 0 Å². The minimum absolute atomic E-state index is 0.122. The maximum absolute atomic E-state index is 13.3. The molecule has 2 N–H and O–H groups in total. The number of alkyl halides is 3. The molecule has 1 fully saturated rings. The van der Waals surface area contributed by atoms with E-state index in [0.29, 0.717) is 17.9 Å². The largest absolute Gasteiger partial charge is 0.453 e. The molecular weight excluding hydrogens is 485 g/mol. The fourth-order valence-electron chi connectivity index (χ4n) is 4.54. The van der Waals surface area contributed by atoms with Crippen molar-refractivity contribution in [1.82, 2.24) is 20.2 Å². The Hall–Kier alpha value is -3.82. The highest BCUT2D eigenvalue weighted by molar-refractivity contribution is 5.86. The highest BCUT2D eigenvalue weighted by atomic mass is 19.4. The summed E-state index contributed by atoms with van der Waals surface area (Å²) in [7, 11) is 1.26. The number of alkyl carbamates (subject to hydrolysis) is 1. The van der Waals surface area contributed by atoms with Crippen LogP contribution in [0.5, 0.6) is 0 Å². The number of halogens is 3. The number of methoxy groups -OCH3 is 1. The van der Waals surface area contributed by atoms with Crippen molar-refractivity contribution in [3.8, 4) is 22.4 Å². The van der Waals surface area contributed by atoms with Crippen LogP contribution in [0.4, 0.5) is 18.0 Å². The third kappa shape index (κ3) is 5.79. The van der Waals surface area contributed by atoms with Gasteiger partial charge in [0.15, 0.2) is 0 Å². The molecule has 2 heterocycles. The number of carbonyl (C=O) groups excluding carboxylic acids is 2. The monoisotopic (exact) mass is 514 g/mol. The first-order valence-corrected chi connectivity index (χ1v) is 12.1. The average molecular weight is 515 g/mol. The van der Waals surface area contributed by atoms with Gasteiger partial charge in [0, 0.05) is 6.54 Å². The van der Waals surface area contributed by atoms with Crippen molar-refractivity contribution in [3.63, 3.8) is 0 Å². The summed E-state index contributed by atoms with van der Waals surface area (Å²) in [5, 5.41) is 2.64. The van der Waals surface area contributed by atoms with Crippen molar-refractivity contribution in [2.45, 2.75) is 44.9 Å². The van der Waals surface area contributed by atoms with Gasteiger partial charge in [-0.3, -0.25) is 4.79 Å². The Morgan fingerprint density at radius 3 is 2.22 bits per heavy atom. The van der Waals surface area contributed by atoms with Crippen LogP contribution in [0.1, 0.15) is 44.1 Å². The van der Waals surface area contributed by atoms with E-state index in [4.69, 9.17) is 0 Å². The van der Waals surface area contributed by atoms with E-state index in [9.17, 15) is 22.8 Å². The number of aromatic amines is 1. The van der Waals surface area contributed by atoms with E-state index < -0.39 is 23.9 Å². The Labute approximate surface area is 213 Å². The van der Waals surface area contributed by atoms with Crippen LogP contribution in [0.25, 0.3) is 22.4 Å². The quantitative estimate of drug-likeness (QED) is 0.435. The summed E-state index contributed by atoms with van der Waals surface area (Å²) in [5.74, 6) is 0.359. The van der Waals surface area contributed by atoms with Gasteiger partial charge in [0.05, 0.1) is 30.6 Å². The molecule has 1 aromatic heterocycles. The van der Waals surface area contributed by atoms with Crippen LogP contribution in [0.15, 0.2) is 54.7 Å². The van der Waals surface area contributed by atoms with Crippen LogP contribution in [0, 0.1) is 5.92 Å². The molecule has 10 heteroatoms. The molecule has 196 valence electrons. The van der Waals surface area contributed by atoms with Crippen LogP contribution in [-0.2, 0) is 15.7 Å². The number of ether oxygens (including phenoxy) is 1. The molecule has 2 atom stereocenters. The summed E-state index contributed by atoms with van der Waals surface area (Å²) < 4.78 is 43.2. The number of hydrogen-bond acceptors (Lipinski definition) is 4. The Bertz CT molecular complexity index is 1240. The zero-order valence-electron chi connectivity index (χ0n) is 20.8. The van der Waals surface area contributed by atoms with Crippen molar-refractivity contribution < 1.29 is 27.5 Å². The fourth-order valence-corrected chi connectivity index (χ4v) is 4.54. The molecule has 1 aliphatic rings. The SMILES string of the molecule is COC(=O)N[C@H](C(=O)N1CCC[C@@H]1c1ncc(-c2ccc(-c3ccc(C(F)(F)F)cc3)cc2)[nH]1)C(C)C. The minimum atomic E-state index is -4.37. The van der Waals surface area contributed by atoms with Gasteiger partial charge in [-0.25, -0.2) is 9.78 Å². The first kappa shape index (κ1) is 26.2. The minimum Gasteiger partial charge on any atom is -0.453 e. The van der Waals surface area contributed by atoms with Crippen molar-refractivity contribution in [1.29, 1.82) is 0 Å². The van der Waals surface area contributed by atoms with Crippen LogP contribution < -0.4 is 5.32 Å².